The summed E-state index contributed by atoms with van der Waals surface area (Å²) in [5, 5.41) is 14.8. The Bertz CT molecular complexity index is 510. The van der Waals surface area contributed by atoms with Crippen molar-refractivity contribution >= 4 is 5.96 Å². The summed E-state index contributed by atoms with van der Waals surface area (Å²) >= 11 is 0. The van der Waals surface area contributed by atoms with Crippen LogP contribution in [0, 0.1) is 0 Å². The molecule has 1 aromatic rings. The predicted octanol–water partition coefficient (Wildman–Crippen LogP) is 2.53. The van der Waals surface area contributed by atoms with E-state index in [0.29, 0.717) is 6.10 Å². The van der Waals surface area contributed by atoms with E-state index in [1.165, 1.54) is 38.5 Å². The quantitative estimate of drug-likeness (QED) is 0.358. The average molecular weight is 365 g/mol. The molecule has 1 fully saturated rings. The molecule has 7 nitrogen and oxygen atoms in total. The molecule has 0 bridgehead atoms. The third-order valence-electron chi connectivity index (χ3n) is 4.90. The first-order chi connectivity index (χ1) is 12.8. The lowest BCUT2D eigenvalue weighted by Crippen LogP contribution is -2.39. The average Bonchev–Trinajstić information content (AvgIpc) is 3.14. The van der Waals surface area contributed by atoms with Gasteiger partial charge in [-0.1, -0.05) is 26.2 Å². The standard InChI is InChI=1S/C19H36N6O/c1-3-18-24-23-16-25(18)14-13-22-19(20-2)21-12-8-5-9-15-26-17-10-6-4-7-11-17/h16-17H,3-15H2,1-2H3,(H2,20,21,22). The highest BCUT2D eigenvalue weighted by Crippen LogP contribution is 2.20. The molecule has 7 heteroatoms. The number of aromatic nitrogens is 3. The van der Waals surface area contributed by atoms with Gasteiger partial charge in [-0.05, 0) is 32.1 Å². The minimum absolute atomic E-state index is 0.531. The zero-order chi connectivity index (χ0) is 18.5. The van der Waals surface area contributed by atoms with E-state index in [9.17, 15) is 0 Å². The molecule has 0 amide bonds. The highest BCUT2D eigenvalue weighted by Gasteiger charge is 2.12. The second-order valence-corrected chi connectivity index (χ2v) is 6.91. The lowest BCUT2D eigenvalue weighted by atomic mass is 9.98. The zero-order valence-corrected chi connectivity index (χ0v) is 16.5. The summed E-state index contributed by atoms with van der Waals surface area (Å²) in [6.07, 6.45) is 13.3. The number of rotatable bonds is 11. The van der Waals surface area contributed by atoms with Crippen molar-refractivity contribution in [3.8, 4) is 0 Å². The lowest BCUT2D eigenvalue weighted by Gasteiger charge is -2.21. The van der Waals surface area contributed by atoms with E-state index < -0.39 is 0 Å². The molecule has 0 spiro atoms. The number of nitrogens with one attached hydrogen (secondary N) is 2. The third kappa shape index (κ3) is 7.72. The molecule has 1 saturated carbocycles. The Morgan fingerprint density at radius 2 is 2.00 bits per heavy atom. The molecule has 1 aliphatic carbocycles. The number of aryl methyl sites for hydroxylation is 1. The summed E-state index contributed by atoms with van der Waals surface area (Å²) in [5.74, 6) is 1.87. The van der Waals surface area contributed by atoms with Gasteiger partial charge >= 0.3 is 0 Å². The number of guanidine groups is 1. The van der Waals surface area contributed by atoms with Gasteiger partial charge in [-0.25, -0.2) is 0 Å². The summed E-state index contributed by atoms with van der Waals surface area (Å²) in [7, 11) is 1.81. The van der Waals surface area contributed by atoms with Gasteiger partial charge in [0.25, 0.3) is 0 Å². The van der Waals surface area contributed by atoms with Crippen LogP contribution in [0.4, 0.5) is 0 Å². The van der Waals surface area contributed by atoms with Gasteiger partial charge in [0.1, 0.15) is 12.2 Å². The Labute approximate surface area is 158 Å². The van der Waals surface area contributed by atoms with Crippen LogP contribution in [0.25, 0.3) is 0 Å². The van der Waals surface area contributed by atoms with Crippen LogP contribution in [0.2, 0.25) is 0 Å². The molecule has 148 valence electrons. The van der Waals surface area contributed by atoms with Crippen molar-refractivity contribution in [3.05, 3.63) is 12.2 Å². The number of nitrogens with zero attached hydrogens (tertiary/aromatic N) is 4. The molecule has 1 aromatic heterocycles. The summed E-state index contributed by atoms with van der Waals surface area (Å²) in [6.45, 7) is 5.59. The first-order valence-corrected chi connectivity index (χ1v) is 10.3. The van der Waals surface area contributed by atoms with E-state index in [-0.39, 0.29) is 0 Å². The number of hydrogen-bond donors (Lipinski definition) is 2. The van der Waals surface area contributed by atoms with Crippen LogP contribution in [-0.4, -0.2) is 53.6 Å². The lowest BCUT2D eigenvalue weighted by molar-refractivity contribution is 0.0264. The SMILES string of the molecule is CCc1nncn1CCNC(=NC)NCCCCCOC1CCCCC1. The van der Waals surface area contributed by atoms with Crippen molar-refractivity contribution in [2.45, 2.75) is 77.4 Å². The van der Waals surface area contributed by atoms with Gasteiger partial charge in [0.15, 0.2) is 5.96 Å². The first-order valence-electron chi connectivity index (χ1n) is 10.3. The number of ether oxygens (including phenoxy) is 1. The smallest absolute Gasteiger partial charge is 0.191 e. The molecule has 0 aromatic carbocycles. The van der Waals surface area contributed by atoms with Crippen molar-refractivity contribution in [1.82, 2.24) is 25.4 Å². The molecule has 2 N–H and O–H groups in total. The van der Waals surface area contributed by atoms with Crippen LogP contribution in [0.5, 0.6) is 0 Å². The van der Waals surface area contributed by atoms with Crippen molar-refractivity contribution in [2.24, 2.45) is 4.99 Å². The molecule has 1 heterocycles. The van der Waals surface area contributed by atoms with Crippen LogP contribution in [0.1, 0.15) is 64.1 Å². The molecule has 0 aliphatic heterocycles. The predicted molar refractivity (Wildman–Crippen MR) is 105 cm³/mol. The van der Waals surface area contributed by atoms with E-state index in [1.54, 1.807) is 6.33 Å². The topological polar surface area (TPSA) is 76.4 Å². The maximum atomic E-state index is 5.97. The largest absolute Gasteiger partial charge is 0.378 e. The van der Waals surface area contributed by atoms with Gasteiger partial charge in [-0.3, -0.25) is 4.99 Å². The Kier molecular flexibility index (Phi) is 10.1. The van der Waals surface area contributed by atoms with Crippen molar-refractivity contribution in [3.63, 3.8) is 0 Å². The first kappa shape index (κ1) is 20.7. The summed E-state index contributed by atoms with van der Waals surface area (Å²) in [5.41, 5.74) is 0. The van der Waals surface area contributed by atoms with E-state index in [0.717, 1.165) is 57.3 Å². The normalized spacial score (nSPS) is 16.0. The van der Waals surface area contributed by atoms with E-state index >= 15 is 0 Å². The second-order valence-electron chi connectivity index (χ2n) is 6.91. The van der Waals surface area contributed by atoms with Gasteiger partial charge in [-0.2, -0.15) is 0 Å². The maximum Gasteiger partial charge on any atom is 0.191 e. The molecule has 0 radical (unpaired) electrons. The van der Waals surface area contributed by atoms with Gasteiger partial charge in [0, 0.05) is 39.7 Å². The summed E-state index contributed by atoms with van der Waals surface area (Å²) in [4.78, 5) is 4.27. The minimum atomic E-state index is 0.531. The summed E-state index contributed by atoms with van der Waals surface area (Å²) < 4.78 is 8.05. The van der Waals surface area contributed by atoms with Crippen LogP contribution in [0.3, 0.4) is 0 Å². The third-order valence-corrected chi connectivity index (χ3v) is 4.90. The minimum Gasteiger partial charge on any atom is -0.378 e. The Balaban J connectivity index is 1.47. The number of hydrogen-bond acceptors (Lipinski definition) is 4. The van der Waals surface area contributed by atoms with Crippen molar-refractivity contribution in [1.29, 1.82) is 0 Å². The fourth-order valence-electron chi connectivity index (χ4n) is 3.35. The summed E-state index contributed by atoms with van der Waals surface area (Å²) in [6, 6.07) is 0. The van der Waals surface area contributed by atoms with Crippen LogP contribution in [-0.2, 0) is 17.7 Å². The van der Waals surface area contributed by atoms with Crippen LogP contribution >= 0.6 is 0 Å². The monoisotopic (exact) mass is 364 g/mol. The van der Waals surface area contributed by atoms with Gasteiger partial charge < -0.3 is 19.9 Å². The van der Waals surface area contributed by atoms with Gasteiger partial charge in [0.05, 0.1) is 6.10 Å². The molecular weight excluding hydrogens is 328 g/mol. The Morgan fingerprint density at radius 3 is 2.77 bits per heavy atom. The number of unbranched alkanes of at least 4 members (excludes halogenated alkanes) is 2. The van der Waals surface area contributed by atoms with Crippen LogP contribution < -0.4 is 10.6 Å². The second kappa shape index (κ2) is 12.7. The molecular formula is C19H36N6O. The molecule has 2 rings (SSSR count). The van der Waals surface area contributed by atoms with Gasteiger partial charge in [-0.15, -0.1) is 10.2 Å². The molecule has 0 unspecified atom stereocenters. The highest BCUT2D eigenvalue weighted by molar-refractivity contribution is 5.79. The van der Waals surface area contributed by atoms with E-state index in [4.69, 9.17) is 4.74 Å². The maximum absolute atomic E-state index is 5.97. The Morgan fingerprint density at radius 1 is 1.19 bits per heavy atom. The molecule has 0 atom stereocenters. The van der Waals surface area contributed by atoms with E-state index in [2.05, 4.69) is 37.3 Å². The zero-order valence-electron chi connectivity index (χ0n) is 16.5. The van der Waals surface area contributed by atoms with E-state index in [1.807, 2.05) is 7.05 Å². The molecule has 26 heavy (non-hydrogen) atoms. The fourth-order valence-corrected chi connectivity index (χ4v) is 3.35. The van der Waals surface area contributed by atoms with Crippen molar-refractivity contribution < 1.29 is 4.74 Å². The van der Waals surface area contributed by atoms with Crippen molar-refractivity contribution in [2.75, 3.05) is 26.7 Å². The fraction of sp³-hybridized carbons (Fsp3) is 0.842. The highest BCUT2D eigenvalue weighted by atomic mass is 16.5. The Hall–Kier alpha value is -1.63. The van der Waals surface area contributed by atoms with Gasteiger partial charge in [0.2, 0.25) is 0 Å². The molecule has 0 saturated heterocycles. The van der Waals surface area contributed by atoms with Crippen LogP contribution in [0.15, 0.2) is 11.3 Å². The number of aliphatic imine (C=N–C) groups is 1. The molecule has 1 aliphatic rings.